The summed E-state index contributed by atoms with van der Waals surface area (Å²) in [4.78, 5) is 26.1. The molecule has 0 unspecified atom stereocenters. The summed E-state index contributed by atoms with van der Waals surface area (Å²) in [5.74, 6) is -0.863. The highest BCUT2D eigenvalue weighted by Crippen LogP contribution is 2.33. The van der Waals surface area contributed by atoms with E-state index in [-0.39, 0.29) is 22.5 Å². The molecule has 1 aliphatic carbocycles. The molecule has 2 N–H and O–H groups in total. The van der Waals surface area contributed by atoms with Crippen molar-refractivity contribution in [1.82, 2.24) is 4.90 Å². The summed E-state index contributed by atoms with van der Waals surface area (Å²) in [6, 6.07) is 6.43. The van der Waals surface area contributed by atoms with E-state index in [2.05, 4.69) is 5.32 Å². The molecule has 6 heteroatoms. The lowest BCUT2D eigenvalue weighted by molar-refractivity contribution is -0.140. The number of benzene rings is 1. The first-order valence-corrected chi connectivity index (χ1v) is 7.80. The highest BCUT2D eigenvalue weighted by Gasteiger charge is 2.42. The molecule has 1 aromatic carbocycles. The van der Waals surface area contributed by atoms with Crippen molar-refractivity contribution in [2.45, 2.75) is 38.1 Å². The molecule has 2 aliphatic rings. The van der Waals surface area contributed by atoms with Gasteiger partial charge in [0, 0.05) is 6.04 Å². The Morgan fingerprint density at radius 2 is 1.77 bits per heavy atom. The molecule has 1 heterocycles. The first kappa shape index (κ1) is 14.9. The number of hydrogen-bond acceptors (Lipinski definition) is 4. The Balaban J connectivity index is 1.84. The van der Waals surface area contributed by atoms with Crippen molar-refractivity contribution in [2.24, 2.45) is 0 Å². The number of hydrogen-bond donors (Lipinski definition) is 2. The van der Waals surface area contributed by atoms with Crippen LogP contribution in [-0.2, 0) is 9.59 Å². The molecule has 1 aliphatic heterocycles. The minimum Gasteiger partial charge on any atom is -0.506 e. The summed E-state index contributed by atoms with van der Waals surface area (Å²) in [5, 5.41) is 12.5. The van der Waals surface area contributed by atoms with Gasteiger partial charge >= 0.3 is 0 Å². The number of nitrogens with zero attached hydrogens (tertiary/aromatic N) is 1. The number of anilines is 1. The highest BCUT2D eigenvalue weighted by molar-refractivity contribution is 6.48. The van der Waals surface area contributed by atoms with Gasteiger partial charge < -0.3 is 10.4 Å². The van der Waals surface area contributed by atoms with Gasteiger partial charge in [0.05, 0.1) is 5.69 Å². The first-order valence-electron chi connectivity index (χ1n) is 7.42. The van der Waals surface area contributed by atoms with Crippen LogP contribution in [0.5, 0.6) is 5.75 Å². The van der Waals surface area contributed by atoms with Crippen molar-refractivity contribution in [3.05, 3.63) is 35.0 Å². The van der Waals surface area contributed by atoms with Crippen LogP contribution in [0.4, 0.5) is 5.69 Å². The van der Waals surface area contributed by atoms with Crippen molar-refractivity contribution in [1.29, 1.82) is 0 Å². The van der Waals surface area contributed by atoms with E-state index in [0.717, 1.165) is 32.1 Å². The largest absolute Gasteiger partial charge is 0.506 e. The van der Waals surface area contributed by atoms with Gasteiger partial charge in [-0.05, 0) is 25.0 Å². The van der Waals surface area contributed by atoms with Crippen LogP contribution in [0.25, 0.3) is 0 Å². The molecule has 1 aromatic rings. The Morgan fingerprint density at radius 3 is 2.45 bits per heavy atom. The molecule has 0 spiro atoms. The van der Waals surface area contributed by atoms with E-state index < -0.39 is 11.8 Å². The number of nitrogens with one attached hydrogen (secondary N) is 1. The quantitative estimate of drug-likeness (QED) is 0.663. The maximum atomic E-state index is 12.6. The molecule has 0 radical (unpaired) electrons. The van der Waals surface area contributed by atoms with Crippen LogP contribution in [0.1, 0.15) is 32.1 Å². The van der Waals surface area contributed by atoms with Crippen molar-refractivity contribution >= 4 is 29.1 Å². The molecule has 5 nitrogen and oxygen atoms in total. The standard InChI is InChI=1S/C16H17ClN2O3/c17-13-14(18-11-8-4-5-9-12(11)20)16(22)19(15(13)21)10-6-2-1-3-7-10/h4-5,8-10,18,20H,1-3,6-7H2. The van der Waals surface area contributed by atoms with Crippen LogP contribution >= 0.6 is 11.6 Å². The number of halogens is 1. The van der Waals surface area contributed by atoms with Gasteiger partial charge in [0.25, 0.3) is 11.8 Å². The summed E-state index contributed by atoms with van der Waals surface area (Å²) >= 11 is 6.06. The normalized spacial score (nSPS) is 20.0. The van der Waals surface area contributed by atoms with Gasteiger partial charge in [0.1, 0.15) is 16.5 Å². The van der Waals surface area contributed by atoms with Gasteiger partial charge in [-0.25, -0.2) is 0 Å². The van der Waals surface area contributed by atoms with Crippen molar-refractivity contribution < 1.29 is 14.7 Å². The smallest absolute Gasteiger partial charge is 0.279 e. The number of aromatic hydroxyl groups is 1. The number of carbonyl (C=O) groups is 2. The van der Waals surface area contributed by atoms with E-state index in [0.29, 0.717) is 5.69 Å². The third-order valence-corrected chi connectivity index (χ3v) is 4.51. The molecule has 3 rings (SSSR count). The molecular formula is C16H17ClN2O3. The topological polar surface area (TPSA) is 69.6 Å². The van der Waals surface area contributed by atoms with Crippen molar-refractivity contribution in [3.8, 4) is 5.75 Å². The average molecular weight is 321 g/mol. The molecule has 1 fully saturated rings. The van der Waals surface area contributed by atoms with Crippen molar-refractivity contribution in [3.63, 3.8) is 0 Å². The lowest BCUT2D eigenvalue weighted by atomic mass is 9.94. The number of amides is 2. The Morgan fingerprint density at radius 1 is 1.09 bits per heavy atom. The molecular weight excluding hydrogens is 304 g/mol. The van der Waals surface area contributed by atoms with E-state index >= 15 is 0 Å². The number of phenols is 1. The second-order valence-corrected chi connectivity index (χ2v) is 5.98. The Labute approximate surface area is 133 Å². The molecule has 0 atom stereocenters. The zero-order valence-electron chi connectivity index (χ0n) is 12.0. The minimum absolute atomic E-state index is 0.00386. The minimum atomic E-state index is -0.448. The van der Waals surface area contributed by atoms with Crippen LogP contribution < -0.4 is 5.32 Å². The Hall–Kier alpha value is -2.01. The van der Waals surface area contributed by atoms with E-state index in [1.165, 1.54) is 11.0 Å². The summed E-state index contributed by atoms with van der Waals surface area (Å²) < 4.78 is 0. The molecule has 1 saturated carbocycles. The van der Waals surface area contributed by atoms with E-state index in [9.17, 15) is 14.7 Å². The number of phenolic OH excluding ortho intramolecular Hbond substituents is 1. The lowest BCUT2D eigenvalue weighted by Gasteiger charge is -2.29. The molecule has 0 aromatic heterocycles. The van der Waals surface area contributed by atoms with Gasteiger partial charge in [-0.15, -0.1) is 0 Å². The molecule has 116 valence electrons. The molecule has 0 bridgehead atoms. The Kier molecular flexibility index (Phi) is 4.07. The summed E-state index contributed by atoms with van der Waals surface area (Å²) in [6.07, 6.45) is 4.82. The third-order valence-electron chi connectivity index (χ3n) is 4.16. The van der Waals surface area contributed by atoms with Crippen LogP contribution in [0.2, 0.25) is 0 Å². The maximum Gasteiger partial charge on any atom is 0.279 e. The van der Waals surface area contributed by atoms with E-state index in [1.54, 1.807) is 18.2 Å². The fourth-order valence-corrected chi connectivity index (χ4v) is 3.23. The van der Waals surface area contributed by atoms with Crippen LogP contribution in [0, 0.1) is 0 Å². The third kappa shape index (κ3) is 2.57. The predicted molar refractivity (Wildman–Crippen MR) is 83.3 cm³/mol. The van der Waals surface area contributed by atoms with Crippen LogP contribution in [0.15, 0.2) is 35.0 Å². The Bertz CT molecular complexity index is 651. The van der Waals surface area contributed by atoms with Gasteiger partial charge in [-0.1, -0.05) is 43.0 Å². The summed E-state index contributed by atoms with van der Waals surface area (Å²) in [7, 11) is 0. The van der Waals surface area contributed by atoms with Gasteiger partial charge in [0.15, 0.2) is 0 Å². The van der Waals surface area contributed by atoms with E-state index in [4.69, 9.17) is 11.6 Å². The predicted octanol–water partition coefficient (Wildman–Crippen LogP) is 2.96. The van der Waals surface area contributed by atoms with E-state index in [1.807, 2.05) is 0 Å². The zero-order chi connectivity index (χ0) is 15.7. The first-order chi connectivity index (χ1) is 10.6. The second-order valence-electron chi connectivity index (χ2n) is 5.60. The number of carbonyl (C=O) groups excluding carboxylic acids is 2. The van der Waals surface area contributed by atoms with Crippen LogP contribution in [0.3, 0.4) is 0 Å². The SMILES string of the molecule is O=C1C(Cl)=C(Nc2ccccc2O)C(=O)N1C1CCCCC1. The number of imide groups is 1. The average Bonchev–Trinajstić information content (AvgIpc) is 2.74. The molecule has 0 saturated heterocycles. The van der Waals surface area contributed by atoms with Gasteiger partial charge in [-0.3, -0.25) is 14.5 Å². The fourth-order valence-electron chi connectivity index (χ4n) is 3.01. The van der Waals surface area contributed by atoms with Gasteiger partial charge in [0.2, 0.25) is 0 Å². The van der Waals surface area contributed by atoms with Crippen molar-refractivity contribution in [2.75, 3.05) is 5.32 Å². The van der Waals surface area contributed by atoms with Gasteiger partial charge in [-0.2, -0.15) is 0 Å². The molecule has 22 heavy (non-hydrogen) atoms. The zero-order valence-corrected chi connectivity index (χ0v) is 12.8. The number of para-hydroxylation sites is 2. The monoisotopic (exact) mass is 320 g/mol. The lowest BCUT2D eigenvalue weighted by Crippen LogP contribution is -2.42. The summed E-state index contributed by atoms with van der Waals surface area (Å²) in [5.41, 5.74) is 0.390. The molecule has 2 amide bonds. The maximum absolute atomic E-state index is 12.6. The number of rotatable bonds is 3. The fraction of sp³-hybridized carbons (Fsp3) is 0.375. The van der Waals surface area contributed by atoms with Crippen LogP contribution in [-0.4, -0.2) is 27.9 Å². The summed E-state index contributed by atoms with van der Waals surface area (Å²) in [6.45, 7) is 0. The highest BCUT2D eigenvalue weighted by atomic mass is 35.5. The second kappa shape index (κ2) is 6.01.